The third kappa shape index (κ3) is 2.61. The zero-order chi connectivity index (χ0) is 19.1. The van der Waals surface area contributed by atoms with Crippen LogP contribution in [0.4, 0.5) is 0 Å². The van der Waals surface area contributed by atoms with Gasteiger partial charge in [0.1, 0.15) is 5.75 Å². The predicted molar refractivity (Wildman–Crippen MR) is 101 cm³/mol. The van der Waals surface area contributed by atoms with Crippen molar-refractivity contribution in [2.75, 3.05) is 13.7 Å². The number of carbonyl (C=O) groups excluding carboxylic acids is 2. The lowest BCUT2D eigenvalue weighted by atomic mass is 10.1. The van der Waals surface area contributed by atoms with Crippen molar-refractivity contribution in [2.45, 2.75) is 13.5 Å². The fourth-order valence-electron chi connectivity index (χ4n) is 3.60. The van der Waals surface area contributed by atoms with Crippen molar-refractivity contribution in [2.24, 2.45) is 0 Å². The Morgan fingerprint density at radius 3 is 2.19 bits per heavy atom. The van der Waals surface area contributed by atoms with Gasteiger partial charge in [0, 0.05) is 24.5 Å². The van der Waals surface area contributed by atoms with Crippen molar-refractivity contribution in [1.29, 1.82) is 0 Å². The maximum Gasteiger partial charge on any atom is 0.261 e. The molecule has 0 N–H and O–H groups in total. The van der Waals surface area contributed by atoms with E-state index >= 15 is 0 Å². The maximum atomic E-state index is 12.6. The van der Waals surface area contributed by atoms with Gasteiger partial charge in [-0.15, -0.1) is 0 Å². The molecule has 0 saturated heterocycles. The molecule has 0 fully saturated rings. The number of benzene rings is 2. The number of aryl methyl sites for hydroxylation is 1. The molecule has 0 radical (unpaired) electrons. The van der Waals surface area contributed by atoms with Crippen LogP contribution in [0.25, 0.3) is 10.9 Å². The van der Waals surface area contributed by atoms with Crippen molar-refractivity contribution in [1.82, 2.24) is 9.47 Å². The van der Waals surface area contributed by atoms with Crippen molar-refractivity contribution < 1.29 is 14.3 Å². The highest BCUT2D eigenvalue weighted by molar-refractivity contribution is 6.21. The summed E-state index contributed by atoms with van der Waals surface area (Å²) < 4.78 is 7.00. The van der Waals surface area contributed by atoms with Crippen molar-refractivity contribution >= 4 is 22.7 Å². The lowest BCUT2D eigenvalue weighted by molar-refractivity contribution is 0.0649. The van der Waals surface area contributed by atoms with Crippen LogP contribution in [-0.4, -0.2) is 34.9 Å². The molecule has 0 bridgehead atoms. The second kappa shape index (κ2) is 6.39. The molecule has 0 saturated carbocycles. The second-order valence-corrected chi connectivity index (χ2v) is 6.48. The van der Waals surface area contributed by atoms with Gasteiger partial charge in [-0.1, -0.05) is 24.3 Å². The van der Waals surface area contributed by atoms with Gasteiger partial charge >= 0.3 is 0 Å². The van der Waals surface area contributed by atoms with E-state index in [9.17, 15) is 14.4 Å². The molecule has 1 aliphatic heterocycles. The maximum absolute atomic E-state index is 12.6. The van der Waals surface area contributed by atoms with E-state index in [-0.39, 0.29) is 30.5 Å². The summed E-state index contributed by atoms with van der Waals surface area (Å²) in [5.41, 5.74) is 2.14. The van der Waals surface area contributed by atoms with Crippen LogP contribution in [0.3, 0.4) is 0 Å². The van der Waals surface area contributed by atoms with Crippen LogP contribution >= 0.6 is 0 Å². The monoisotopic (exact) mass is 362 g/mol. The van der Waals surface area contributed by atoms with Crippen LogP contribution in [-0.2, 0) is 6.54 Å². The molecule has 2 aromatic carbocycles. The number of hydrogen-bond acceptors (Lipinski definition) is 4. The molecule has 0 atom stereocenters. The first kappa shape index (κ1) is 17.0. The lowest BCUT2D eigenvalue weighted by Crippen LogP contribution is -2.35. The summed E-state index contributed by atoms with van der Waals surface area (Å²) in [5, 5.41) is 0.899. The third-order valence-electron chi connectivity index (χ3n) is 4.95. The largest absolute Gasteiger partial charge is 0.495 e. The molecular formula is C21H18N2O4. The number of methoxy groups -OCH3 is 1. The summed E-state index contributed by atoms with van der Waals surface area (Å²) in [7, 11) is 1.55. The quantitative estimate of drug-likeness (QED) is 0.669. The molecule has 1 aliphatic rings. The van der Waals surface area contributed by atoms with Crippen LogP contribution in [0, 0.1) is 6.92 Å². The van der Waals surface area contributed by atoms with Gasteiger partial charge in [0.05, 0.1) is 23.8 Å². The van der Waals surface area contributed by atoms with Crippen molar-refractivity contribution in [3.8, 4) is 5.75 Å². The minimum atomic E-state index is -0.327. The van der Waals surface area contributed by atoms with E-state index in [0.29, 0.717) is 22.4 Å². The predicted octanol–water partition coefficient (Wildman–Crippen LogP) is 2.61. The Hall–Kier alpha value is -3.41. The second-order valence-electron chi connectivity index (χ2n) is 6.48. The van der Waals surface area contributed by atoms with E-state index in [4.69, 9.17) is 4.74 Å². The fourth-order valence-corrected chi connectivity index (χ4v) is 3.60. The highest BCUT2D eigenvalue weighted by Crippen LogP contribution is 2.27. The Kier molecular flexibility index (Phi) is 4.03. The number of para-hydroxylation sites is 1. The summed E-state index contributed by atoms with van der Waals surface area (Å²) in [4.78, 5) is 38.9. The standard InChI is InChI=1S/C21H18N2O4/c1-13-12-18(24)22(19-14(13)8-5-9-17(19)27-2)10-11-23-20(25)15-6-3-4-7-16(15)21(23)26/h3-9,12H,10-11H2,1-2H3. The SMILES string of the molecule is COc1cccc2c(C)cc(=O)n(CCN3C(=O)c4ccccc4C3=O)c12. The Labute approximate surface area is 155 Å². The van der Waals surface area contributed by atoms with Crippen LogP contribution < -0.4 is 10.3 Å². The smallest absolute Gasteiger partial charge is 0.261 e. The lowest BCUT2D eigenvalue weighted by Gasteiger charge is -2.18. The van der Waals surface area contributed by atoms with Gasteiger partial charge in [-0.25, -0.2) is 0 Å². The van der Waals surface area contributed by atoms with E-state index in [2.05, 4.69) is 0 Å². The number of fused-ring (bicyclic) bond motifs is 2. The molecule has 2 amide bonds. The summed E-state index contributed by atoms with van der Waals surface area (Å²) in [5.74, 6) is -0.0743. The first-order valence-corrected chi connectivity index (χ1v) is 8.65. The van der Waals surface area contributed by atoms with Crippen LogP contribution in [0.2, 0.25) is 0 Å². The van der Waals surface area contributed by atoms with Gasteiger partial charge in [-0.3, -0.25) is 19.3 Å². The van der Waals surface area contributed by atoms with Gasteiger partial charge in [-0.05, 0) is 30.7 Å². The molecule has 0 spiro atoms. The first-order chi connectivity index (χ1) is 13.0. The number of amides is 2. The number of nitrogens with zero attached hydrogens (tertiary/aromatic N) is 2. The number of hydrogen-bond donors (Lipinski definition) is 0. The molecule has 3 aromatic rings. The van der Waals surface area contributed by atoms with Gasteiger partial charge in [0.25, 0.3) is 17.4 Å². The van der Waals surface area contributed by atoms with Gasteiger partial charge in [0.2, 0.25) is 0 Å². The Morgan fingerprint density at radius 2 is 1.56 bits per heavy atom. The average Bonchev–Trinajstić information content (AvgIpc) is 2.92. The van der Waals surface area contributed by atoms with E-state index in [0.717, 1.165) is 10.9 Å². The van der Waals surface area contributed by atoms with Crippen molar-refractivity contribution in [3.63, 3.8) is 0 Å². The zero-order valence-corrected chi connectivity index (χ0v) is 15.1. The van der Waals surface area contributed by atoms with Crippen LogP contribution in [0.1, 0.15) is 26.3 Å². The van der Waals surface area contributed by atoms with Crippen LogP contribution in [0.5, 0.6) is 5.75 Å². The Bertz CT molecular complexity index is 1110. The molecule has 6 nitrogen and oxygen atoms in total. The molecule has 27 heavy (non-hydrogen) atoms. The normalized spacial score (nSPS) is 13.3. The van der Waals surface area contributed by atoms with E-state index in [1.54, 1.807) is 48.1 Å². The van der Waals surface area contributed by atoms with E-state index in [1.807, 2.05) is 19.1 Å². The number of rotatable bonds is 4. The van der Waals surface area contributed by atoms with E-state index < -0.39 is 0 Å². The van der Waals surface area contributed by atoms with Crippen molar-refractivity contribution in [3.05, 3.63) is 75.6 Å². The molecule has 136 valence electrons. The molecule has 6 heteroatoms. The summed E-state index contributed by atoms with van der Waals surface area (Å²) in [6, 6.07) is 13.9. The fraction of sp³-hybridized carbons (Fsp3) is 0.190. The highest BCUT2D eigenvalue weighted by Gasteiger charge is 2.34. The number of aromatic nitrogens is 1. The van der Waals surface area contributed by atoms with Gasteiger partial charge in [0.15, 0.2) is 0 Å². The number of ether oxygens (including phenoxy) is 1. The van der Waals surface area contributed by atoms with E-state index in [1.165, 1.54) is 4.90 Å². The molecule has 4 rings (SSSR count). The summed E-state index contributed by atoms with van der Waals surface area (Å²) in [6.07, 6.45) is 0. The number of pyridine rings is 1. The number of carbonyl (C=O) groups is 2. The average molecular weight is 362 g/mol. The zero-order valence-electron chi connectivity index (χ0n) is 15.1. The molecule has 2 heterocycles. The Morgan fingerprint density at radius 1 is 0.889 bits per heavy atom. The molecular weight excluding hydrogens is 344 g/mol. The number of imide groups is 1. The third-order valence-corrected chi connectivity index (χ3v) is 4.95. The summed E-state index contributed by atoms with van der Waals surface area (Å²) in [6.45, 7) is 2.18. The topological polar surface area (TPSA) is 68.6 Å². The first-order valence-electron chi connectivity index (χ1n) is 8.65. The van der Waals surface area contributed by atoms with Crippen LogP contribution in [0.15, 0.2) is 53.3 Å². The highest BCUT2D eigenvalue weighted by atomic mass is 16.5. The molecule has 0 unspecified atom stereocenters. The Balaban J connectivity index is 1.73. The van der Waals surface area contributed by atoms with Gasteiger partial charge in [-0.2, -0.15) is 0 Å². The molecule has 1 aromatic heterocycles. The summed E-state index contributed by atoms with van der Waals surface area (Å²) >= 11 is 0. The van der Waals surface area contributed by atoms with Gasteiger partial charge < -0.3 is 9.30 Å². The minimum Gasteiger partial charge on any atom is -0.495 e. The molecule has 0 aliphatic carbocycles. The minimum absolute atomic E-state index is 0.114.